The summed E-state index contributed by atoms with van der Waals surface area (Å²) >= 11 is 0. The van der Waals surface area contributed by atoms with Gasteiger partial charge in [-0.3, -0.25) is 9.69 Å². The topological polar surface area (TPSA) is 61.1 Å². The minimum Gasteiger partial charge on any atom is -0.326 e. The van der Waals surface area contributed by atoms with Crippen molar-refractivity contribution in [2.75, 3.05) is 18.9 Å². The molecule has 1 aromatic heterocycles. The molecule has 0 aliphatic rings. The summed E-state index contributed by atoms with van der Waals surface area (Å²) in [7, 11) is 1.85. The molecule has 5 nitrogen and oxygen atoms in total. The number of carbonyl (C=O) groups excluding carboxylic acids is 1. The molecular formula is C25H27FN4O. The van der Waals surface area contributed by atoms with Gasteiger partial charge in [0.2, 0.25) is 5.91 Å². The molecular weight excluding hydrogens is 391 g/mol. The Labute approximate surface area is 182 Å². The third-order valence-electron chi connectivity index (χ3n) is 5.79. The van der Waals surface area contributed by atoms with Gasteiger partial charge >= 0.3 is 0 Å². The molecule has 0 spiro atoms. The molecule has 3 rings (SSSR count). The smallest absolute Gasteiger partial charge is 0.239 e. The fraction of sp³-hybridized carbons (Fsp3) is 0.280. The van der Waals surface area contributed by atoms with Gasteiger partial charge in [-0.25, -0.2) is 4.39 Å². The second-order valence-electron chi connectivity index (χ2n) is 7.81. The van der Waals surface area contributed by atoms with Crippen LogP contribution in [-0.2, 0) is 11.3 Å². The molecule has 0 aliphatic heterocycles. The summed E-state index contributed by atoms with van der Waals surface area (Å²) < 4.78 is 15.2. The normalized spacial score (nSPS) is 11.9. The summed E-state index contributed by atoms with van der Waals surface area (Å²) in [6.07, 6.45) is 0. The number of nitrogens with zero attached hydrogens (tertiary/aromatic N) is 3. The van der Waals surface area contributed by atoms with Gasteiger partial charge in [-0.1, -0.05) is 42.5 Å². The summed E-state index contributed by atoms with van der Waals surface area (Å²) in [5, 5.41) is 12.7. The lowest BCUT2D eigenvalue weighted by molar-refractivity contribution is -0.117. The van der Waals surface area contributed by atoms with Crippen molar-refractivity contribution in [1.82, 2.24) is 9.47 Å². The summed E-state index contributed by atoms with van der Waals surface area (Å²) in [4.78, 5) is 14.8. The van der Waals surface area contributed by atoms with Gasteiger partial charge in [0, 0.05) is 18.3 Å². The lowest BCUT2D eigenvalue weighted by atomic mass is 10.1. The molecule has 0 radical (unpaired) electrons. The number of nitrogens with one attached hydrogen (secondary N) is 1. The van der Waals surface area contributed by atoms with Crippen LogP contribution in [0.25, 0.3) is 0 Å². The predicted octanol–water partition coefficient (Wildman–Crippen LogP) is 4.80. The van der Waals surface area contributed by atoms with Crippen LogP contribution >= 0.6 is 0 Å². The third-order valence-corrected chi connectivity index (χ3v) is 5.79. The summed E-state index contributed by atoms with van der Waals surface area (Å²) in [5.41, 5.74) is 4.30. The number of benzene rings is 2. The molecule has 160 valence electrons. The quantitative estimate of drug-likeness (QED) is 0.600. The van der Waals surface area contributed by atoms with E-state index in [1.807, 2.05) is 67.6 Å². The lowest BCUT2D eigenvalue weighted by Gasteiger charge is -2.24. The highest BCUT2D eigenvalue weighted by atomic mass is 19.1. The van der Waals surface area contributed by atoms with E-state index in [-0.39, 0.29) is 24.3 Å². The first-order chi connectivity index (χ1) is 14.8. The van der Waals surface area contributed by atoms with E-state index in [4.69, 9.17) is 0 Å². The van der Waals surface area contributed by atoms with Crippen LogP contribution in [0.2, 0.25) is 0 Å². The van der Waals surface area contributed by atoms with Gasteiger partial charge in [-0.15, -0.1) is 0 Å². The van der Waals surface area contributed by atoms with E-state index in [0.29, 0.717) is 17.9 Å². The number of nitriles is 1. The van der Waals surface area contributed by atoms with Crippen molar-refractivity contribution >= 4 is 11.7 Å². The van der Waals surface area contributed by atoms with E-state index in [1.54, 1.807) is 12.1 Å². The van der Waals surface area contributed by atoms with Crippen LogP contribution in [0, 0.1) is 31.0 Å². The number of hydrogen-bond donors (Lipinski definition) is 1. The molecule has 0 saturated carbocycles. The molecule has 0 fully saturated rings. The fourth-order valence-electron chi connectivity index (χ4n) is 3.62. The third kappa shape index (κ3) is 5.01. The minimum absolute atomic E-state index is 0.0682. The molecule has 6 heteroatoms. The summed E-state index contributed by atoms with van der Waals surface area (Å²) in [6.45, 7) is 6.52. The van der Waals surface area contributed by atoms with Crippen LogP contribution in [-0.4, -0.2) is 29.0 Å². The number of carbonyl (C=O) groups is 1. The number of hydrogen-bond acceptors (Lipinski definition) is 3. The van der Waals surface area contributed by atoms with E-state index in [0.717, 1.165) is 22.4 Å². The minimum atomic E-state index is -0.287. The van der Waals surface area contributed by atoms with Crippen molar-refractivity contribution in [3.05, 3.63) is 88.4 Å². The summed E-state index contributed by atoms with van der Waals surface area (Å²) in [6, 6.07) is 18.4. The first-order valence-corrected chi connectivity index (χ1v) is 10.2. The Morgan fingerprint density at radius 1 is 1.16 bits per heavy atom. The highest BCUT2D eigenvalue weighted by Crippen LogP contribution is 2.27. The van der Waals surface area contributed by atoms with Crippen molar-refractivity contribution in [3.8, 4) is 6.07 Å². The zero-order chi connectivity index (χ0) is 22.5. The number of rotatable bonds is 7. The second kappa shape index (κ2) is 9.59. The van der Waals surface area contributed by atoms with Crippen molar-refractivity contribution in [2.45, 2.75) is 33.4 Å². The Balaban J connectivity index is 1.79. The zero-order valence-corrected chi connectivity index (χ0v) is 18.3. The Hall–Kier alpha value is -3.43. The fourth-order valence-corrected chi connectivity index (χ4v) is 3.62. The molecule has 3 aromatic rings. The van der Waals surface area contributed by atoms with Gasteiger partial charge < -0.3 is 9.88 Å². The average molecular weight is 419 g/mol. The van der Waals surface area contributed by atoms with Crippen molar-refractivity contribution in [1.29, 1.82) is 5.26 Å². The first kappa shape index (κ1) is 22.3. The van der Waals surface area contributed by atoms with Gasteiger partial charge in [0.15, 0.2) is 0 Å². The van der Waals surface area contributed by atoms with Crippen LogP contribution in [0.3, 0.4) is 0 Å². The Morgan fingerprint density at radius 3 is 2.42 bits per heavy atom. The van der Waals surface area contributed by atoms with Crippen LogP contribution in [0.5, 0.6) is 0 Å². The van der Waals surface area contributed by atoms with E-state index in [2.05, 4.69) is 11.4 Å². The van der Waals surface area contributed by atoms with E-state index < -0.39 is 0 Å². The lowest BCUT2D eigenvalue weighted by Crippen LogP contribution is -2.33. The van der Waals surface area contributed by atoms with Crippen LogP contribution in [0.4, 0.5) is 10.2 Å². The Kier molecular flexibility index (Phi) is 6.88. The molecule has 1 atom stereocenters. The number of amides is 1. The molecule has 0 saturated heterocycles. The Bertz CT molecular complexity index is 1100. The maximum atomic E-state index is 13.2. The van der Waals surface area contributed by atoms with E-state index in [1.165, 1.54) is 12.1 Å². The number of aromatic nitrogens is 1. The molecule has 2 aromatic carbocycles. The largest absolute Gasteiger partial charge is 0.326 e. The van der Waals surface area contributed by atoms with Gasteiger partial charge in [0.1, 0.15) is 17.7 Å². The second-order valence-corrected chi connectivity index (χ2v) is 7.81. The maximum Gasteiger partial charge on any atom is 0.239 e. The van der Waals surface area contributed by atoms with Gasteiger partial charge in [-0.2, -0.15) is 5.26 Å². The molecule has 1 amide bonds. The summed E-state index contributed by atoms with van der Waals surface area (Å²) in [5.74, 6) is 0.0271. The highest BCUT2D eigenvalue weighted by Gasteiger charge is 2.21. The number of anilines is 1. The van der Waals surface area contributed by atoms with Crippen molar-refractivity contribution in [2.24, 2.45) is 0 Å². The number of halogens is 1. The molecule has 1 heterocycles. The zero-order valence-electron chi connectivity index (χ0n) is 18.3. The Morgan fingerprint density at radius 2 is 1.81 bits per heavy atom. The molecule has 0 aliphatic carbocycles. The van der Waals surface area contributed by atoms with E-state index in [9.17, 15) is 14.4 Å². The molecule has 1 N–H and O–H groups in total. The number of likely N-dealkylation sites (N-methyl/N-ethyl adjacent to an activating group) is 1. The molecule has 1 unspecified atom stereocenters. The molecule has 0 bridgehead atoms. The average Bonchev–Trinajstić information content (AvgIpc) is 2.98. The standard InChI is InChI=1S/C25H27FN4O/c1-17-18(2)30(15-20-8-6-5-7-9-20)25(23(17)14-27)28-24(31)16-29(4)19(3)21-10-12-22(26)13-11-21/h5-13,19H,15-16H2,1-4H3,(H,28,31). The predicted molar refractivity (Wildman–Crippen MR) is 120 cm³/mol. The monoisotopic (exact) mass is 418 g/mol. The van der Waals surface area contributed by atoms with Gasteiger partial charge in [0.25, 0.3) is 0 Å². The SMILES string of the molecule is Cc1c(C#N)c(NC(=O)CN(C)C(C)c2ccc(F)cc2)n(Cc2ccccc2)c1C. The van der Waals surface area contributed by atoms with Crippen LogP contribution in [0.15, 0.2) is 54.6 Å². The first-order valence-electron chi connectivity index (χ1n) is 10.2. The van der Waals surface area contributed by atoms with Crippen LogP contribution < -0.4 is 5.32 Å². The van der Waals surface area contributed by atoms with Crippen LogP contribution in [0.1, 0.15) is 40.9 Å². The molecule has 31 heavy (non-hydrogen) atoms. The van der Waals surface area contributed by atoms with Crippen molar-refractivity contribution < 1.29 is 9.18 Å². The van der Waals surface area contributed by atoms with Gasteiger partial charge in [-0.05, 0) is 56.6 Å². The maximum absolute atomic E-state index is 13.2. The van der Waals surface area contributed by atoms with E-state index >= 15 is 0 Å². The van der Waals surface area contributed by atoms with Gasteiger partial charge in [0.05, 0.1) is 12.1 Å². The highest BCUT2D eigenvalue weighted by molar-refractivity contribution is 5.93. The van der Waals surface area contributed by atoms with Crippen molar-refractivity contribution in [3.63, 3.8) is 0 Å².